The Bertz CT molecular complexity index is 249. The molecule has 1 aromatic carbocycles. The Kier molecular flexibility index (Phi) is 2.30. The van der Waals surface area contributed by atoms with Gasteiger partial charge in [0.25, 0.3) is 0 Å². The number of rotatable bonds is 2. The lowest BCUT2D eigenvalue weighted by atomic mass is 10.2. The first-order valence-corrected chi connectivity index (χ1v) is 3.12. The molecule has 0 unspecified atom stereocenters. The maximum atomic E-state index is 9.10. The van der Waals surface area contributed by atoms with E-state index in [0.717, 1.165) is 0 Å². The normalized spacial score (nSPS) is 9.91. The van der Waals surface area contributed by atoms with Gasteiger partial charge < -0.3 is 15.4 Å². The minimum atomic E-state index is 0.0457. The summed E-state index contributed by atoms with van der Waals surface area (Å²) in [7, 11) is 0. The molecule has 60 valence electrons. The molecule has 0 heterocycles. The molecule has 4 N–H and O–H groups in total. The van der Waals surface area contributed by atoms with Crippen molar-refractivity contribution in [2.45, 2.75) is 6.54 Å². The van der Waals surface area contributed by atoms with Crippen molar-refractivity contribution < 1.29 is 15.4 Å². The van der Waals surface area contributed by atoms with Gasteiger partial charge >= 0.3 is 0 Å². The topological polar surface area (TPSA) is 72.7 Å². The molecule has 0 spiro atoms. The summed E-state index contributed by atoms with van der Waals surface area (Å²) in [5, 5.41) is 26.3. The first-order valence-electron chi connectivity index (χ1n) is 3.12. The van der Waals surface area contributed by atoms with Gasteiger partial charge in [-0.3, -0.25) is 0 Å². The van der Waals surface area contributed by atoms with E-state index >= 15 is 0 Å². The molecular weight excluding hydrogens is 146 g/mol. The van der Waals surface area contributed by atoms with Crippen molar-refractivity contribution in [3.63, 3.8) is 0 Å². The Morgan fingerprint density at radius 2 is 2.00 bits per heavy atom. The van der Waals surface area contributed by atoms with E-state index in [1.54, 1.807) is 0 Å². The van der Waals surface area contributed by atoms with Gasteiger partial charge in [0.2, 0.25) is 0 Å². The molecule has 0 aliphatic rings. The number of nitrogens with one attached hydrogen (secondary N) is 1. The lowest BCUT2D eigenvalue weighted by molar-refractivity contribution is 0.160. The number of benzene rings is 1. The zero-order valence-corrected chi connectivity index (χ0v) is 5.78. The maximum absolute atomic E-state index is 9.10. The van der Waals surface area contributed by atoms with Gasteiger partial charge in [0, 0.05) is 12.1 Å². The molecule has 4 heteroatoms. The van der Waals surface area contributed by atoms with Crippen LogP contribution in [0.1, 0.15) is 5.56 Å². The van der Waals surface area contributed by atoms with Gasteiger partial charge in [0.1, 0.15) is 11.5 Å². The first kappa shape index (κ1) is 7.84. The Balaban J connectivity index is 2.93. The number of hydrogen-bond donors (Lipinski definition) is 4. The van der Waals surface area contributed by atoms with Gasteiger partial charge in [-0.05, 0) is 18.2 Å². The van der Waals surface area contributed by atoms with Gasteiger partial charge in [0.15, 0.2) is 0 Å². The Morgan fingerprint density at radius 3 is 2.64 bits per heavy atom. The minimum absolute atomic E-state index is 0.0457. The highest BCUT2D eigenvalue weighted by molar-refractivity contribution is 5.38. The average molecular weight is 155 g/mol. The molecule has 1 aromatic rings. The van der Waals surface area contributed by atoms with Crippen molar-refractivity contribution in [1.29, 1.82) is 0 Å². The van der Waals surface area contributed by atoms with Crippen LogP contribution in [0.15, 0.2) is 18.2 Å². The van der Waals surface area contributed by atoms with Crippen LogP contribution in [-0.4, -0.2) is 15.4 Å². The highest BCUT2D eigenvalue weighted by Gasteiger charge is 2.00. The van der Waals surface area contributed by atoms with Crippen LogP contribution in [0.2, 0.25) is 0 Å². The molecule has 11 heavy (non-hydrogen) atoms. The molecule has 0 radical (unpaired) electrons. The summed E-state index contributed by atoms with van der Waals surface area (Å²) >= 11 is 0. The number of phenols is 2. The van der Waals surface area contributed by atoms with E-state index in [4.69, 9.17) is 15.4 Å². The van der Waals surface area contributed by atoms with Crippen LogP contribution < -0.4 is 5.48 Å². The molecule has 0 aliphatic heterocycles. The van der Waals surface area contributed by atoms with Gasteiger partial charge in [-0.2, -0.15) is 0 Å². The van der Waals surface area contributed by atoms with Crippen molar-refractivity contribution in [3.8, 4) is 11.5 Å². The zero-order chi connectivity index (χ0) is 8.27. The van der Waals surface area contributed by atoms with Crippen LogP contribution >= 0.6 is 0 Å². The second-order valence-electron chi connectivity index (χ2n) is 2.15. The predicted molar refractivity (Wildman–Crippen MR) is 38.4 cm³/mol. The smallest absolute Gasteiger partial charge is 0.120 e. The van der Waals surface area contributed by atoms with Gasteiger partial charge in [-0.25, -0.2) is 5.48 Å². The average Bonchev–Trinajstić information content (AvgIpc) is 1.98. The van der Waals surface area contributed by atoms with Crippen molar-refractivity contribution in [2.24, 2.45) is 0 Å². The van der Waals surface area contributed by atoms with E-state index in [-0.39, 0.29) is 18.0 Å². The van der Waals surface area contributed by atoms with Crippen LogP contribution in [-0.2, 0) is 6.54 Å². The zero-order valence-electron chi connectivity index (χ0n) is 5.78. The van der Waals surface area contributed by atoms with Crippen LogP contribution in [0.5, 0.6) is 11.5 Å². The third-order valence-corrected chi connectivity index (χ3v) is 1.33. The van der Waals surface area contributed by atoms with Crippen molar-refractivity contribution >= 4 is 0 Å². The van der Waals surface area contributed by atoms with E-state index in [1.807, 2.05) is 5.48 Å². The van der Waals surface area contributed by atoms with Crippen molar-refractivity contribution in [1.82, 2.24) is 5.48 Å². The second kappa shape index (κ2) is 3.23. The molecule has 0 amide bonds. The maximum Gasteiger partial charge on any atom is 0.120 e. The fourth-order valence-electron chi connectivity index (χ4n) is 0.799. The second-order valence-corrected chi connectivity index (χ2v) is 2.15. The van der Waals surface area contributed by atoms with E-state index in [2.05, 4.69) is 0 Å². The fraction of sp³-hybridized carbons (Fsp3) is 0.143. The van der Waals surface area contributed by atoms with Gasteiger partial charge in [-0.1, -0.05) is 0 Å². The SMILES string of the molecule is ONCc1cc(O)ccc1O. The molecule has 4 nitrogen and oxygen atoms in total. The quantitative estimate of drug-likeness (QED) is 0.372. The van der Waals surface area contributed by atoms with E-state index in [9.17, 15) is 0 Å². The summed E-state index contributed by atoms with van der Waals surface area (Å²) < 4.78 is 0. The molecule has 0 bridgehead atoms. The summed E-state index contributed by atoms with van der Waals surface area (Å²) in [6.07, 6.45) is 0. The number of hydroxylamine groups is 1. The molecule has 0 aliphatic carbocycles. The third-order valence-electron chi connectivity index (χ3n) is 1.33. The lowest BCUT2D eigenvalue weighted by Crippen LogP contribution is -2.05. The summed E-state index contributed by atoms with van der Waals surface area (Å²) in [5.41, 5.74) is 2.33. The van der Waals surface area contributed by atoms with Crippen LogP contribution in [0.4, 0.5) is 0 Å². The largest absolute Gasteiger partial charge is 0.508 e. The van der Waals surface area contributed by atoms with Gasteiger partial charge in [0.05, 0.1) is 0 Å². The van der Waals surface area contributed by atoms with Crippen LogP contribution in [0, 0.1) is 0 Å². The fourth-order valence-corrected chi connectivity index (χ4v) is 0.799. The van der Waals surface area contributed by atoms with Crippen LogP contribution in [0.3, 0.4) is 0 Å². The standard InChI is InChI=1S/C7H9NO3/c9-6-1-2-7(10)5(3-6)4-8-11/h1-3,8-11H,4H2. The number of aromatic hydroxyl groups is 2. The minimum Gasteiger partial charge on any atom is -0.508 e. The molecule has 0 saturated carbocycles. The molecule has 1 rings (SSSR count). The summed E-state index contributed by atoms with van der Waals surface area (Å²) in [5.74, 6) is 0.109. The predicted octanol–water partition coefficient (Wildman–Crippen LogP) is 0.577. The Morgan fingerprint density at radius 1 is 1.27 bits per heavy atom. The summed E-state index contributed by atoms with van der Waals surface area (Å²) in [6.45, 7) is 0.111. The molecule has 0 fully saturated rings. The lowest BCUT2D eigenvalue weighted by Gasteiger charge is -2.02. The number of phenolic OH excluding ortho intramolecular Hbond substituents is 2. The van der Waals surface area contributed by atoms with E-state index in [1.165, 1.54) is 18.2 Å². The van der Waals surface area contributed by atoms with E-state index < -0.39 is 0 Å². The highest BCUT2D eigenvalue weighted by Crippen LogP contribution is 2.21. The number of hydrogen-bond acceptors (Lipinski definition) is 4. The third kappa shape index (κ3) is 1.83. The van der Waals surface area contributed by atoms with Crippen molar-refractivity contribution in [3.05, 3.63) is 23.8 Å². The van der Waals surface area contributed by atoms with E-state index in [0.29, 0.717) is 5.56 Å². The van der Waals surface area contributed by atoms with Gasteiger partial charge in [-0.15, -0.1) is 0 Å². The Labute approximate surface area is 63.7 Å². The monoisotopic (exact) mass is 155 g/mol. The summed E-state index contributed by atoms with van der Waals surface area (Å²) in [6, 6.07) is 4.11. The summed E-state index contributed by atoms with van der Waals surface area (Å²) in [4.78, 5) is 0. The Hall–Kier alpha value is -1.26. The molecule has 0 saturated heterocycles. The first-order chi connectivity index (χ1) is 5.24. The van der Waals surface area contributed by atoms with Crippen molar-refractivity contribution in [2.75, 3.05) is 0 Å². The molecular formula is C7H9NO3. The highest BCUT2D eigenvalue weighted by atomic mass is 16.5. The molecule has 0 aromatic heterocycles. The molecule has 0 atom stereocenters. The van der Waals surface area contributed by atoms with Crippen LogP contribution in [0.25, 0.3) is 0 Å².